The summed E-state index contributed by atoms with van der Waals surface area (Å²) in [5.41, 5.74) is -0.425. The third-order valence-electron chi connectivity index (χ3n) is 3.47. The van der Waals surface area contributed by atoms with Gasteiger partial charge in [-0.3, -0.25) is 9.36 Å². The molecule has 118 valence electrons. The fourth-order valence-electron chi connectivity index (χ4n) is 2.32. The van der Waals surface area contributed by atoms with Crippen LogP contribution in [0, 0.1) is 0 Å². The van der Waals surface area contributed by atoms with Crippen molar-refractivity contribution in [1.29, 1.82) is 0 Å². The van der Waals surface area contributed by atoms with Gasteiger partial charge in [0.05, 0.1) is 17.5 Å². The molecule has 0 unspecified atom stereocenters. The third kappa shape index (κ3) is 2.90. The van der Waals surface area contributed by atoms with Gasteiger partial charge in [0.1, 0.15) is 11.4 Å². The van der Waals surface area contributed by atoms with Gasteiger partial charge in [-0.2, -0.15) is 13.2 Å². The van der Waals surface area contributed by atoms with Crippen LogP contribution in [0.2, 0.25) is 0 Å². The van der Waals surface area contributed by atoms with Gasteiger partial charge in [-0.15, -0.1) is 0 Å². The molecule has 0 radical (unpaired) electrons. The molecule has 0 atom stereocenters. The zero-order chi connectivity index (χ0) is 16.6. The Morgan fingerprint density at radius 2 is 1.83 bits per heavy atom. The Bertz CT molecular complexity index is 915. The van der Waals surface area contributed by atoms with Crippen molar-refractivity contribution in [2.75, 3.05) is 0 Å². The second-order valence-electron chi connectivity index (χ2n) is 5.02. The van der Waals surface area contributed by atoms with Gasteiger partial charge in [0.15, 0.2) is 0 Å². The fraction of sp³-hybridized carbons (Fsp3) is 0.125. The molecule has 0 aliphatic carbocycles. The summed E-state index contributed by atoms with van der Waals surface area (Å²) in [7, 11) is 0. The van der Waals surface area contributed by atoms with Crippen molar-refractivity contribution >= 4 is 11.0 Å². The lowest BCUT2D eigenvalue weighted by Crippen LogP contribution is -2.21. The van der Waals surface area contributed by atoms with Crippen molar-refractivity contribution in [3.63, 3.8) is 0 Å². The maximum Gasteiger partial charge on any atom is 0.416 e. The van der Waals surface area contributed by atoms with Crippen LogP contribution in [0.15, 0.2) is 53.5 Å². The van der Waals surface area contributed by atoms with Crippen LogP contribution in [-0.2, 0) is 12.7 Å². The molecule has 4 nitrogen and oxygen atoms in total. The van der Waals surface area contributed by atoms with E-state index in [0.717, 1.165) is 18.2 Å². The molecule has 0 amide bonds. The van der Waals surface area contributed by atoms with Crippen LogP contribution in [0.4, 0.5) is 13.2 Å². The number of rotatable bonds is 2. The van der Waals surface area contributed by atoms with Gasteiger partial charge in [-0.25, -0.2) is 4.98 Å². The molecule has 0 saturated carbocycles. The highest BCUT2D eigenvalue weighted by atomic mass is 19.4. The first kappa shape index (κ1) is 15.1. The number of aromatic nitrogens is 2. The average molecular weight is 320 g/mol. The molecule has 23 heavy (non-hydrogen) atoms. The van der Waals surface area contributed by atoms with Gasteiger partial charge in [-0.1, -0.05) is 12.1 Å². The summed E-state index contributed by atoms with van der Waals surface area (Å²) >= 11 is 0. The SMILES string of the molecule is O=c1cc(O)c2cccnc2n1Cc1ccc(C(F)(F)F)cc1. The molecule has 3 rings (SSSR count). The molecule has 1 aromatic carbocycles. The summed E-state index contributed by atoms with van der Waals surface area (Å²) in [5, 5.41) is 10.2. The number of benzene rings is 1. The summed E-state index contributed by atoms with van der Waals surface area (Å²) in [6.45, 7) is 0.0603. The highest BCUT2D eigenvalue weighted by molar-refractivity contribution is 5.81. The van der Waals surface area contributed by atoms with Gasteiger partial charge in [-0.05, 0) is 29.8 Å². The van der Waals surface area contributed by atoms with Crippen molar-refractivity contribution in [2.24, 2.45) is 0 Å². The monoisotopic (exact) mass is 320 g/mol. The number of alkyl halides is 3. The molecule has 0 fully saturated rings. The average Bonchev–Trinajstić information content (AvgIpc) is 2.51. The summed E-state index contributed by atoms with van der Waals surface area (Å²) in [6, 6.07) is 8.87. The van der Waals surface area contributed by atoms with Gasteiger partial charge < -0.3 is 5.11 Å². The Morgan fingerprint density at radius 3 is 2.48 bits per heavy atom. The summed E-state index contributed by atoms with van der Waals surface area (Å²) < 4.78 is 39.0. The lowest BCUT2D eigenvalue weighted by molar-refractivity contribution is -0.137. The zero-order valence-corrected chi connectivity index (χ0v) is 11.7. The van der Waals surface area contributed by atoms with E-state index in [1.54, 1.807) is 12.1 Å². The molecule has 2 heterocycles. The Balaban J connectivity index is 2.04. The number of pyridine rings is 2. The van der Waals surface area contributed by atoms with E-state index in [2.05, 4.69) is 4.98 Å². The number of hydrogen-bond donors (Lipinski definition) is 1. The van der Waals surface area contributed by atoms with Crippen LogP contribution in [0.3, 0.4) is 0 Å². The van der Waals surface area contributed by atoms with Crippen LogP contribution in [0.5, 0.6) is 5.75 Å². The lowest BCUT2D eigenvalue weighted by atomic mass is 10.1. The van der Waals surface area contributed by atoms with Crippen molar-refractivity contribution in [3.05, 3.63) is 70.1 Å². The number of aromatic hydroxyl groups is 1. The molecule has 3 aromatic rings. The standard InChI is InChI=1S/C16H11F3N2O2/c17-16(18,19)11-5-3-10(4-6-11)9-21-14(23)8-13(22)12-2-1-7-20-15(12)21/h1-8,22H,9H2. The van der Waals surface area contributed by atoms with Crippen molar-refractivity contribution < 1.29 is 18.3 Å². The lowest BCUT2D eigenvalue weighted by Gasteiger charge is -2.11. The Morgan fingerprint density at radius 1 is 1.13 bits per heavy atom. The molecule has 0 aliphatic heterocycles. The van der Waals surface area contributed by atoms with E-state index >= 15 is 0 Å². The minimum absolute atomic E-state index is 0.0603. The predicted molar refractivity (Wildman–Crippen MR) is 78.2 cm³/mol. The number of hydrogen-bond acceptors (Lipinski definition) is 3. The van der Waals surface area contributed by atoms with Gasteiger partial charge in [0, 0.05) is 12.3 Å². The van der Waals surface area contributed by atoms with E-state index in [1.807, 2.05) is 0 Å². The second-order valence-corrected chi connectivity index (χ2v) is 5.02. The van der Waals surface area contributed by atoms with Crippen molar-refractivity contribution in [3.8, 4) is 5.75 Å². The third-order valence-corrected chi connectivity index (χ3v) is 3.47. The normalized spacial score (nSPS) is 11.8. The Labute approximate surface area is 128 Å². The maximum absolute atomic E-state index is 12.6. The Hall–Kier alpha value is -2.83. The predicted octanol–water partition coefficient (Wildman–Crippen LogP) is 3.17. The van der Waals surface area contributed by atoms with Crippen LogP contribution in [0.1, 0.15) is 11.1 Å². The molecule has 0 aliphatic rings. The number of fused-ring (bicyclic) bond motifs is 1. The second kappa shape index (κ2) is 5.42. The van der Waals surface area contributed by atoms with Crippen LogP contribution in [-0.4, -0.2) is 14.7 Å². The molecule has 7 heteroatoms. The summed E-state index contributed by atoms with van der Waals surface area (Å²) in [4.78, 5) is 16.1. The zero-order valence-electron chi connectivity index (χ0n) is 11.7. The largest absolute Gasteiger partial charge is 0.507 e. The summed E-state index contributed by atoms with van der Waals surface area (Å²) in [6.07, 6.45) is -2.92. The molecule has 0 saturated heterocycles. The highest BCUT2D eigenvalue weighted by Crippen LogP contribution is 2.29. The molecular weight excluding hydrogens is 309 g/mol. The first-order chi connectivity index (χ1) is 10.9. The molecular formula is C16H11F3N2O2. The van der Waals surface area contributed by atoms with E-state index in [-0.39, 0.29) is 17.9 Å². The van der Waals surface area contributed by atoms with E-state index < -0.39 is 17.3 Å². The summed E-state index contributed by atoms with van der Waals surface area (Å²) in [5.74, 6) is -0.179. The van der Waals surface area contributed by atoms with Gasteiger partial charge >= 0.3 is 6.18 Å². The van der Waals surface area contributed by atoms with Crippen LogP contribution in [0.25, 0.3) is 11.0 Å². The van der Waals surface area contributed by atoms with E-state index in [0.29, 0.717) is 10.9 Å². The van der Waals surface area contributed by atoms with E-state index in [4.69, 9.17) is 0 Å². The molecule has 1 N–H and O–H groups in total. The van der Waals surface area contributed by atoms with Crippen molar-refractivity contribution in [1.82, 2.24) is 9.55 Å². The smallest absolute Gasteiger partial charge is 0.416 e. The van der Waals surface area contributed by atoms with Crippen LogP contribution >= 0.6 is 0 Å². The topological polar surface area (TPSA) is 55.1 Å². The molecule has 0 bridgehead atoms. The number of nitrogens with zero attached hydrogens (tertiary/aromatic N) is 2. The minimum atomic E-state index is -4.40. The minimum Gasteiger partial charge on any atom is -0.507 e. The first-order valence-corrected chi connectivity index (χ1v) is 6.70. The first-order valence-electron chi connectivity index (χ1n) is 6.70. The molecule has 2 aromatic heterocycles. The number of halogens is 3. The maximum atomic E-state index is 12.6. The molecule has 0 spiro atoms. The van der Waals surface area contributed by atoms with E-state index in [9.17, 15) is 23.1 Å². The van der Waals surface area contributed by atoms with Gasteiger partial charge in [0.2, 0.25) is 0 Å². The Kier molecular flexibility index (Phi) is 3.55. The van der Waals surface area contributed by atoms with E-state index in [1.165, 1.54) is 22.9 Å². The quantitative estimate of drug-likeness (QED) is 0.789. The van der Waals surface area contributed by atoms with Crippen LogP contribution < -0.4 is 5.56 Å². The highest BCUT2D eigenvalue weighted by Gasteiger charge is 2.29. The fourth-order valence-corrected chi connectivity index (χ4v) is 2.32. The van der Waals surface area contributed by atoms with Gasteiger partial charge in [0.25, 0.3) is 5.56 Å². The van der Waals surface area contributed by atoms with Crippen molar-refractivity contribution in [2.45, 2.75) is 12.7 Å².